The van der Waals surface area contributed by atoms with Crippen molar-refractivity contribution >= 4 is 15.4 Å². The van der Waals surface area contributed by atoms with Crippen molar-refractivity contribution in [2.24, 2.45) is 0 Å². The van der Waals surface area contributed by atoms with Crippen molar-refractivity contribution in [3.63, 3.8) is 0 Å². The van der Waals surface area contributed by atoms with Crippen LogP contribution in [-0.4, -0.2) is 64.7 Å². The second-order valence-electron chi connectivity index (χ2n) is 4.76. The van der Waals surface area contributed by atoms with Gasteiger partial charge in [-0.2, -0.15) is 57.5 Å². The summed E-state index contributed by atoms with van der Waals surface area (Å²) >= 11 is -4.06. The maximum Gasteiger partial charge on any atom is 4.00 e. The maximum absolute atomic E-state index is 10.9. The zero-order chi connectivity index (χ0) is 23.6. The Kier molecular flexibility index (Phi) is 42.5. The first-order chi connectivity index (χ1) is 13.4. The molecule has 1 rings (SSSR count). The van der Waals surface area contributed by atoms with Gasteiger partial charge >= 0.3 is 78.0 Å². The molecule has 1 aromatic rings. The fraction of sp³-hybridized carbons (Fsp3) is 0.737. The van der Waals surface area contributed by atoms with Gasteiger partial charge in [0.2, 0.25) is 0 Å². The molecule has 0 aliphatic carbocycles. The first-order valence-electron chi connectivity index (χ1n) is 9.52. The number of hydrogen-bond donors (Lipinski definition) is 0. The molecule has 3 nitrogen and oxygen atoms in total. The molecule has 0 saturated heterocycles. The summed E-state index contributed by atoms with van der Waals surface area (Å²) in [4.78, 5) is 0. The summed E-state index contributed by atoms with van der Waals surface area (Å²) in [6.07, 6.45) is 0. The van der Waals surface area contributed by atoms with E-state index in [1.165, 1.54) is 0 Å². The van der Waals surface area contributed by atoms with Crippen LogP contribution in [0.4, 0.5) is 26.3 Å². The molecule has 0 fully saturated rings. The molecule has 30 heavy (non-hydrogen) atoms. The van der Waals surface area contributed by atoms with Crippen LogP contribution in [0.15, 0.2) is 30.3 Å². The van der Waals surface area contributed by atoms with Gasteiger partial charge in [0.1, 0.15) is 0 Å². The van der Waals surface area contributed by atoms with E-state index in [2.05, 4.69) is 16.0 Å². The summed E-state index contributed by atoms with van der Waals surface area (Å²) in [5, 5.41) is 1.95. The number of alkyl halides is 6. The molecule has 0 saturated carbocycles. The minimum atomic E-state index is -4.98. The fourth-order valence-corrected chi connectivity index (χ4v) is 1.96. The van der Waals surface area contributed by atoms with Gasteiger partial charge < -0.3 is 16.0 Å². The summed E-state index contributed by atoms with van der Waals surface area (Å²) in [7, 11) is 0. The Hall–Kier alpha value is 0.236. The number of nitrogens with zero attached hydrogens (tertiary/aromatic N) is 3. The van der Waals surface area contributed by atoms with Crippen LogP contribution in [0.3, 0.4) is 0 Å². The number of hydrogen-bond acceptors (Lipinski definition) is 0. The molecule has 0 unspecified atom stereocenters. The molecule has 0 amide bonds. The Bertz CT molecular complexity index is 315. The molecular weight excluding hydrogens is 548 g/mol. The van der Waals surface area contributed by atoms with Gasteiger partial charge in [-0.25, -0.2) is 12.1 Å². The van der Waals surface area contributed by atoms with Crippen LogP contribution in [-0.2, 0) is 26.2 Å². The largest absolute Gasteiger partial charge is 4.00 e. The van der Waals surface area contributed by atoms with Crippen LogP contribution < -0.4 is 0 Å². The van der Waals surface area contributed by atoms with Crippen molar-refractivity contribution in [3.05, 3.63) is 46.3 Å². The molecule has 0 N–H and O–H groups in total. The first kappa shape index (κ1) is 40.6. The van der Waals surface area contributed by atoms with Crippen LogP contribution >= 0.6 is 0 Å². The van der Waals surface area contributed by atoms with Gasteiger partial charge in [-0.3, -0.25) is 0 Å². The number of halogens is 6. The van der Waals surface area contributed by atoms with Crippen molar-refractivity contribution in [1.29, 1.82) is 0 Å². The van der Waals surface area contributed by atoms with Crippen molar-refractivity contribution < 1.29 is 52.5 Å². The van der Waals surface area contributed by atoms with Gasteiger partial charge in [0.15, 0.2) is 0 Å². The van der Waals surface area contributed by atoms with Crippen molar-refractivity contribution in [2.45, 2.75) is 51.6 Å². The summed E-state index contributed by atoms with van der Waals surface area (Å²) in [5.41, 5.74) is 0. The SMILES string of the molecule is CC[N-]CC.CC[N-]CC.CC[N-]CC.F[C](F)(F)[GeH][C](F)(F)F.[Zr+4].c1cc[cH-]c1. The molecule has 11 heteroatoms. The Labute approximate surface area is 204 Å². The molecule has 1 aromatic carbocycles. The normalized spacial score (nSPS) is 9.73. The van der Waals surface area contributed by atoms with Crippen LogP contribution in [0.1, 0.15) is 41.5 Å². The van der Waals surface area contributed by atoms with E-state index in [1.807, 2.05) is 71.9 Å². The van der Waals surface area contributed by atoms with Crippen LogP contribution in [0.5, 0.6) is 0 Å². The first-order valence-corrected chi connectivity index (χ1v) is 11.9. The molecule has 1 radical (unpaired) electrons. The molecule has 0 bridgehead atoms. The Morgan fingerprint density at radius 2 is 0.833 bits per heavy atom. The molecular formula is C19H36F6GeN3Zr. The Balaban J connectivity index is -0.0000000884. The second kappa shape index (κ2) is 31.4. The molecule has 0 aromatic heterocycles. The van der Waals surface area contributed by atoms with E-state index < -0.39 is 25.4 Å². The monoisotopic (exact) mass is 584 g/mol. The second-order valence-corrected chi connectivity index (χ2v) is 8.11. The van der Waals surface area contributed by atoms with E-state index in [0.717, 1.165) is 39.3 Å². The van der Waals surface area contributed by atoms with E-state index in [-0.39, 0.29) is 26.2 Å². The van der Waals surface area contributed by atoms with Gasteiger partial charge in [-0.1, -0.05) is 41.5 Å². The third-order valence-electron chi connectivity index (χ3n) is 2.22. The van der Waals surface area contributed by atoms with E-state index >= 15 is 0 Å². The zero-order valence-electron chi connectivity index (χ0n) is 18.8. The van der Waals surface area contributed by atoms with Crippen molar-refractivity contribution in [3.8, 4) is 0 Å². The summed E-state index contributed by atoms with van der Waals surface area (Å²) < 4.78 is 65.4. The van der Waals surface area contributed by atoms with E-state index in [4.69, 9.17) is 0 Å². The van der Waals surface area contributed by atoms with Gasteiger partial charge in [0.25, 0.3) is 0 Å². The smallest absolute Gasteiger partial charge is 0.214 e. The third-order valence-corrected chi connectivity index (χ3v) is 3.60. The standard InChI is InChI=1S/C5H5.3C4H10N.C2HF6Ge.Zr/c1-2-4-5-3-1;3*1-3-5-4-2;3-1(4,5)9-2(6,7)8;/h1-5H;3*3-4H2,1-2H3;9H;/q4*-1;;+4. The Morgan fingerprint density at radius 1 is 0.600 bits per heavy atom. The van der Waals surface area contributed by atoms with Crippen LogP contribution in [0.25, 0.3) is 16.0 Å². The van der Waals surface area contributed by atoms with Crippen LogP contribution in [0, 0.1) is 0 Å². The summed E-state index contributed by atoms with van der Waals surface area (Å²) in [5.74, 6) is 0. The average Bonchev–Trinajstić information content (AvgIpc) is 3.15. The van der Waals surface area contributed by atoms with E-state index in [0.29, 0.717) is 0 Å². The average molecular weight is 584 g/mol. The predicted molar refractivity (Wildman–Crippen MR) is 115 cm³/mol. The van der Waals surface area contributed by atoms with Crippen LogP contribution in [0.2, 0.25) is 0 Å². The van der Waals surface area contributed by atoms with Gasteiger partial charge in [-0.15, -0.1) is 0 Å². The topological polar surface area (TPSA) is 42.3 Å². The van der Waals surface area contributed by atoms with Crippen molar-refractivity contribution in [2.75, 3.05) is 39.3 Å². The zero-order valence-corrected chi connectivity index (χ0v) is 23.7. The van der Waals surface area contributed by atoms with E-state index in [9.17, 15) is 26.3 Å². The van der Waals surface area contributed by atoms with Gasteiger partial charge in [0.05, 0.1) is 0 Å². The van der Waals surface area contributed by atoms with E-state index in [1.54, 1.807) is 0 Å². The molecule has 0 aliphatic heterocycles. The third kappa shape index (κ3) is 70.5. The maximum atomic E-state index is 10.9. The van der Waals surface area contributed by atoms with Gasteiger partial charge in [-0.05, 0) is 0 Å². The van der Waals surface area contributed by atoms with Gasteiger partial charge in [0, 0.05) is 0 Å². The molecule has 0 heterocycles. The minimum Gasteiger partial charge on any atom is -0.214 e. The minimum absolute atomic E-state index is 0. The molecule has 0 atom stereocenters. The number of rotatable bonds is 6. The quantitative estimate of drug-likeness (QED) is 0.195. The molecule has 177 valence electrons. The fourth-order valence-electron chi connectivity index (χ4n) is 1.18. The molecule has 0 spiro atoms. The predicted octanol–water partition coefficient (Wildman–Crippen LogP) is 7.07. The summed E-state index contributed by atoms with van der Waals surface area (Å²) in [6, 6.07) is 10.0. The summed E-state index contributed by atoms with van der Waals surface area (Å²) in [6.45, 7) is 18.1. The Morgan fingerprint density at radius 3 is 0.867 bits per heavy atom. The molecule has 0 aliphatic rings. The van der Waals surface area contributed by atoms with Crippen molar-refractivity contribution in [1.82, 2.24) is 0 Å².